The Morgan fingerprint density at radius 3 is 2.48 bits per heavy atom. The van der Waals surface area contributed by atoms with E-state index in [-0.39, 0.29) is 17.6 Å². The van der Waals surface area contributed by atoms with Crippen molar-refractivity contribution in [3.8, 4) is 5.75 Å². The van der Waals surface area contributed by atoms with Crippen molar-refractivity contribution in [2.75, 3.05) is 38.6 Å². The van der Waals surface area contributed by atoms with Crippen LogP contribution in [0.5, 0.6) is 5.75 Å². The first-order valence-electron chi connectivity index (χ1n) is 9.61. The van der Waals surface area contributed by atoms with E-state index in [0.717, 1.165) is 32.7 Å². The third-order valence-corrected chi connectivity index (χ3v) is 5.23. The number of nitro benzene ring substituents is 1. The summed E-state index contributed by atoms with van der Waals surface area (Å²) in [5.41, 5.74) is 1.49. The van der Waals surface area contributed by atoms with Gasteiger partial charge in [0.1, 0.15) is 5.75 Å². The summed E-state index contributed by atoms with van der Waals surface area (Å²) >= 11 is 0. The number of nitrogens with one attached hydrogen (secondary N) is 1. The fourth-order valence-corrected chi connectivity index (χ4v) is 3.46. The van der Waals surface area contributed by atoms with E-state index in [0.29, 0.717) is 11.4 Å². The molecule has 1 saturated heterocycles. The molecule has 1 N–H and O–H groups in total. The lowest BCUT2D eigenvalue weighted by Crippen LogP contribution is -2.52. The predicted octanol–water partition coefficient (Wildman–Crippen LogP) is 2.75. The van der Waals surface area contributed by atoms with Gasteiger partial charge in [0.05, 0.1) is 23.8 Å². The number of ether oxygens (including phenoxy) is 1. The Morgan fingerprint density at radius 2 is 1.86 bits per heavy atom. The minimum Gasteiger partial charge on any atom is -0.495 e. The van der Waals surface area contributed by atoms with Gasteiger partial charge in [-0.25, -0.2) is 0 Å². The van der Waals surface area contributed by atoms with Crippen LogP contribution in [0, 0.1) is 10.1 Å². The number of hydrogen-bond donors (Lipinski definition) is 1. The Morgan fingerprint density at radius 1 is 1.17 bits per heavy atom. The number of amides is 1. The minimum atomic E-state index is -0.496. The second kappa shape index (κ2) is 9.49. The Bertz CT molecular complexity index is 851. The first kappa shape index (κ1) is 20.8. The van der Waals surface area contributed by atoms with Gasteiger partial charge in [-0.2, -0.15) is 0 Å². The zero-order valence-electron chi connectivity index (χ0n) is 16.7. The van der Waals surface area contributed by atoms with Crippen LogP contribution < -0.4 is 10.1 Å². The van der Waals surface area contributed by atoms with E-state index < -0.39 is 4.92 Å². The molecule has 0 bridgehead atoms. The fraction of sp³-hybridized carbons (Fsp3) is 0.381. The topological polar surface area (TPSA) is 87.9 Å². The summed E-state index contributed by atoms with van der Waals surface area (Å²) in [6.45, 7) is 6.09. The highest BCUT2D eigenvalue weighted by Gasteiger charge is 2.26. The number of carbonyl (C=O) groups excluding carboxylic acids is 1. The standard InChI is InChI=1S/C21H26N4O4/c1-16(21(26)22-19-14-18(25(27)28)8-9-20(19)29-2)24-12-10-23(11-13-24)15-17-6-4-3-5-7-17/h3-9,14,16H,10-13,15H2,1-2H3,(H,22,26)/t16-/m1/s1. The first-order valence-corrected chi connectivity index (χ1v) is 9.61. The molecule has 0 unspecified atom stereocenters. The molecule has 1 aliphatic heterocycles. The molecule has 0 spiro atoms. The van der Waals surface area contributed by atoms with Gasteiger partial charge in [0.25, 0.3) is 5.69 Å². The Labute approximate surface area is 170 Å². The minimum absolute atomic E-state index is 0.0942. The van der Waals surface area contributed by atoms with Crippen LogP contribution in [-0.2, 0) is 11.3 Å². The molecule has 8 heteroatoms. The van der Waals surface area contributed by atoms with E-state index in [1.807, 2.05) is 25.1 Å². The lowest BCUT2D eigenvalue weighted by Gasteiger charge is -2.37. The molecule has 2 aromatic rings. The monoisotopic (exact) mass is 398 g/mol. The van der Waals surface area contributed by atoms with Gasteiger partial charge in [-0.05, 0) is 18.6 Å². The maximum absolute atomic E-state index is 12.7. The van der Waals surface area contributed by atoms with E-state index in [9.17, 15) is 14.9 Å². The largest absolute Gasteiger partial charge is 0.495 e. The third kappa shape index (κ3) is 5.30. The van der Waals surface area contributed by atoms with Crippen molar-refractivity contribution in [1.29, 1.82) is 0 Å². The number of hydrogen-bond acceptors (Lipinski definition) is 6. The van der Waals surface area contributed by atoms with Crippen LogP contribution in [0.3, 0.4) is 0 Å². The van der Waals surface area contributed by atoms with E-state index in [1.165, 1.54) is 30.9 Å². The van der Waals surface area contributed by atoms with Crippen LogP contribution >= 0.6 is 0 Å². The molecule has 2 aromatic carbocycles. The lowest BCUT2D eigenvalue weighted by atomic mass is 10.1. The molecule has 8 nitrogen and oxygen atoms in total. The van der Waals surface area contributed by atoms with E-state index in [2.05, 4.69) is 27.2 Å². The quantitative estimate of drug-likeness (QED) is 0.570. The van der Waals surface area contributed by atoms with Crippen LogP contribution in [0.15, 0.2) is 48.5 Å². The number of nitrogens with zero attached hydrogens (tertiary/aromatic N) is 3. The summed E-state index contributed by atoms with van der Waals surface area (Å²) in [4.78, 5) is 27.8. The van der Waals surface area contributed by atoms with Crippen LogP contribution in [0.2, 0.25) is 0 Å². The molecule has 29 heavy (non-hydrogen) atoms. The Balaban J connectivity index is 1.57. The Kier molecular flexibility index (Phi) is 6.79. The number of anilines is 1. The Hall–Kier alpha value is -2.97. The third-order valence-electron chi connectivity index (χ3n) is 5.23. The van der Waals surface area contributed by atoms with Gasteiger partial charge in [0, 0.05) is 44.9 Å². The summed E-state index contributed by atoms with van der Waals surface area (Å²) in [6.07, 6.45) is 0. The number of rotatable bonds is 7. The molecular weight excluding hydrogens is 372 g/mol. The van der Waals surface area contributed by atoms with Gasteiger partial charge in [-0.15, -0.1) is 0 Å². The molecule has 3 rings (SSSR count). The van der Waals surface area contributed by atoms with Gasteiger partial charge >= 0.3 is 0 Å². The second-order valence-corrected chi connectivity index (χ2v) is 7.10. The highest BCUT2D eigenvalue weighted by molar-refractivity contribution is 5.96. The second-order valence-electron chi connectivity index (χ2n) is 7.10. The molecule has 0 aliphatic carbocycles. The maximum Gasteiger partial charge on any atom is 0.271 e. The zero-order chi connectivity index (χ0) is 20.8. The maximum atomic E-state index is 12.7. The molecule has 1 fully saturated rings. The van der Waals surface area contributed by atoms with Crippen molar-refractivity contribution in [3.63, 3.8) is 0 Å². The molecule has 154 valence electrons. The summed E-state index contributed by atoms with van der Waals surface area (Å²) in [6, 6.07) is 14.1. The molecular formula is C21H26N4O4. The summed E-state index contributed by atoms with van der Waals surface area (Å²) in [7, 11) is 1.46. The van der Waals surface area contributed by atoms with Crippen molar-refractivity contribution in [1.82, 2.24) is 9.80 Å². The predicted molar refractivity (Wildman–Crippen MR) is 111 cm³/mol. The van der Waals surface area contributed by atoms with E-state index in [1.54, 1.807) is 0 Å². The summed E-state index contributed by atoms with van der Waals surface area (Å²) in [5, 5.41) is 13.8. The van der Waals surface area contributed by atoms with Crippen LogP contribution in [0.4, 0.5) is 11.4 Å². The number of benzene rings is 2. The molecule has 0 radical (unpaired) electrons. The van der Waals surface area contributed by atoms with E-state index >= 15 is 0 Å². The first-order chi connectivity index (χ1) is 14.0. The van der Waals surface area contributed by atoms with Crippen LogP contribution in [0.25, 0.3) is 0 Å². The van der Waals surface area contributed by atoms with Crippen molar-refractivity contribution < 1.29 is 14.5 Å². The van der Waals surface area contributed by atoms with Crippen molar-refractivity contribution >= 4 is 17.3 Å². The smallest absolute Gasteiger partial charge is 0.271 e. The van der Waals surface area contributed by atoms with Gasteiger partial charge in [-0.1, -0.05) is 30.3 Å². The molecule has 1 aliphatic rings. The molecule has 0 aromatic heterocycles. The van der Waals surface area contributed by atoms with Gasteiger partial charge < -0.3 is 10.1 Å². The highest BCUT2D eigenvalue weighted by atomic mass is 16.6. The van der Waals surface area contributed by atoms with E-state index in [4.69, 9.17) is 4.74 Å². The average Bonchev–Trinajstić information content (AvgIpc) is 2.74. The number of piperazine rings is 1. The molecule has 0 saturated carbocycles. The van der Waals surface area contributed by atoms with Crippen LogP contribution in [-0.4, -0.2) is 60.0 Å². The van der Waals surface area contributed by atoms with Crippen molar-refractivity contribution in [3.05, 3.63) is 64.2 Å². The lowest BCUT2D eigenvalue weighted by molar-refractivity contribution is -0.384. The SMILES string of the molecule is COc1ccc([N+](=O)[O-])cc1NC(=O)[C@@H](C)N1CCN(Cc2ccccc2)CC1. The molecule has 1 atom stereocenters. The zero-order valence-corrected chi connectivity index (χ0v) is 16.7. The highest BCUT2D eigenvalue weighted by Crippen LogP contribution is 2.29. The number of nitro groups is 1. The van der Waals surface area contributed by atoms with Crippen LogP contribution in [0.1, 0.15) is 12.5 Å². The van der Waals surface area contributed by atoms with Crippen molar-refractivity contribution in [2.45, 2.75) is 19.5 Å². The molecule has 1 heterocycles. The normalized spacial score (nSPS) is 16.2. The average molecular weight is 398 g/mol. The number of carbonyl (C=O) groups is 1. The molecule has 1 amide bonds. The van der Waals surface area contributed by atoms with Crippen molar-refractivity contribution in [2.24, 2.45) is 0 Å². The van der Waals surface area contributed by atoms with Gasteiger partial charge in [0.2, 0.25) is 5.91 Å². The van der Waals surface area contributed by atoms with Gasteiger partial charge in [-0.3, -0.25) is 24.7 Å². The number of non-ortho nitro benzene ring substituents is 1. The summed E-state index contributed by atoms with van der Waals surface area (Å²) < 4.78 is 5.22. The number of methoxy groups -OCH3 is 1. The fourth-order valence-electron chi connectivity index (χ4n) is 3.46. The van der Waals surface area contributed by atoms with Gasteiger partial charge in [0.15, 0.2) is 0 Å². The summed E-state index contributed by atoms with van der Waals surface area (Å²) in [5.74, 6) is 0.184.